The molecule has 3 heterocycles. The highest BCUT2D eigenvalue weighted by Gasteiger charge is 2.45. The largest absolute Gasteiger partial charge is 0.366 e. The number of hydrogen-bond acceptors (Lipinski definition) is 6. The van der Waals surface area contributed by atoms with Crippen molar-refractivity contribution in [3.05, 3.63) is 47.9 Å². The summed E-state index contributed by atoms with van der Waals surface area (Å²) < 4.78 is -0.0889. The molecule has 1 aromatic carbocycles. The number of anilines is 1. The van der Waals surface area contributed by atoms with Crippen molar-refractivity contribution in [1.29, 1.82) is 5.26 Å². The molecule has 0 bridgehead atoms. The zero-order valence-electron chi connectivity index (χ0n) is 17.4. The molecule has 1 aliphatic rings. The Morgan fingerprint density at radius 2 is 2.06 bits per heavy atom. The predicted molar refractivity (Wildman–Crippen MR) is 117 cm³/mol. The Kier molecular flexibility index (Phi) is 5.04. The van der Waals surface area contributed by atoms with Crippen LogP contribution in [0, 0.1) is 18.4 Å². The van der Waals surface area contributed by atoms with Crippen LogP contribution in [0.15, 0.2) is 41.8 Å². The number of aromatic amines is 1. The third-order valence-electron chi connectivity index (χ3n) is 5.89. The number of amides is 1. The Morgan fingerprint density at radius 1 is 1.32 bits per heavy atom. The molecule has 31 heavy (non-hydrogen) atoms. The van der Waals surface area contributed by atoms with Gasteiger partial charge >= 0.3 is 12.2 Å². The third kappa shape index (κ3) is 3.45. The Hall–Kier alpha value is -3.97. The van der Waals surface area contributed by atoms with E-state index < -0.39 is 5.91 Å². The smallest absolute Gasteiger partial charge is 0.317 e. The van der Waals surface area contributed by atoms with Gasteiger partial charge in [-0.2, -0.15) is 9.48 Å². The summed E-state index contributed by atoms with van der Waals surface area (Å²) in [5, 5.41) is 11.1. The highest BCUT2D eigenvalue weighted by molar-refractivity contribution is 5.93. The number of carbonyl (C=O) groups excluding carboxylic acids is 1. The Labute approximate surface area is 179 Å². The number of nitrogens with two attached hydrogens (primary N) is 2. The molecule has 1 unspecified atom stereocenters. The lowest BCUT2D eigenvalue weighted by molar-refractivity contribution is -0.802. The number of nitrogens with one attached hydrogen (secondary N) is 1. The summed E-state index contributed by atoms with van der Waals surface area (Å²) in [5.74, 6) is 0.557. The number of piperazine rings is 1. The summed E-state index contributed by atoms with van der Waals surface area (Å²) in [4.78, 5) is 29.9. The second kappa shape index (κ2) is 7.70. The van der Waals surface area contributed by atoms with E-state index in [1.54, 1.807) is 30.6 Å². The molecular weight excluding hydrogens is 394 g/mol. The minimum Gasteiger partial charge on any atom is -0.366 e. The molecule has 10 nitrogen and oxygen atoms in total. The van der Waals surface area contributed by atoms with Gasteiger partial charge in [0, 0.05) is 11.8 Å². The topological polar surface area (TPSA) is 150 Å². The molecule has 10 heteroatoms. The fourth-order valence-corrected chi connectivity index (χ4v) is 4.04. The lowest BCUT2D eigenvalue weighted by Gasteiger charge is -2.42. The van der Waals surface area contributed by atoms with Gasteiger partial charge in [0.25, 0.3) is 0 Å². The van der Waals surface area contributed by atoms with Crippen molar-refractivity contribution in [3.63, 3.8) is 0 Å². The van der Waals surface area contributed by atoms with Crippen molar-refractivity contribution in [2.75, 3.05) is 24.5 Å². The number of aryl methyl sites for hydroxylation is 1. The molecule has 0 aliphatic carbocycles. The van der Waals surface area contributed by atoms with Gasteiger partial charge in [-0.25, -0.2) is 9.97 Å². The Morgan fingerprint density at radius 3 is 2.71 bits per heavy atom. The van der Waals surface area contributed by atoms with Crippen molar-refractivity contribution in [1.82, 2.24) is 15.0 Å². The molecule has 3 aromatic rings. The lowest BCUT2D eigenvalue weighted by atomic mass is 10.1. The van der Waals surface area contributed by atoms with E-state index in [2.05, 4.69) is 31.0 Å². The van der Waals surface area contributed by atoms with E-state index in [0.29, 0.717) is 30.9 Å². The van der Waals surface area contributed by atoms with E-state index in [9.17, 15) is 10.1 Å². The van der Waals surface area contributed by atoms with Gasteiger partial charge in [-0.3, -0.25) is 4.79 Å². The van der Waals surface area contributed by atoms with Crippen LogP contribution in [0.3, 0.4) is 0 Å². The molecule has 4 rings (SSSR count). The van der Waals surface area contributed by atoms with E-state index in [-0.39, 0.29) is 16.5 Å². The number of primary amides is 1. The Balaban J connectivity index is 1.61. The number of rotatable bonds is 3. The number of H-pyrrole nitrogens is 1. The lowest BCUT2D eigenvalue weighted by Crippen LogP contribution is -2.67. The molecule has 0 radical (unpaired) electrons. The average molecular weight is 418 g/mol. The van der Waals surface area contributed by atoms with Crippen LogP contribution in [0.1, 0.15) is 22.8 Å². The van der Waals surface area contributed by atoms with E-state index in [1.165, 1.54) is 0 Å². The molecule has 1 amide bonds. The van der Waals surface area contributed by atoms with E-state index in [1.807, 2.05) is 20.0 Å². The number of fused-ring (bicyclic) bond motifs is 1. The minimum atomic E-state index is -0.509. The average Bonchev–Trinajstić information content (AvgIpc) is 3.15. The molecule has 1 fully saturated rings. The van der Waals surface area contributed by atoms with Gasteiger partial charge in [0.1, 0.15) is 30.4 Å². The molecule has 1 saturated heterocycles. The van der Waals surface area contributed by atoms with Crippen LogP contribution >= 0.6 is 0 Å². The van der Waals surface area contributed by atoms with E-state index >= 15 is 0 Å². The quantitative estimate of drug-likeness (QED) is 0.254. The number of guanidine groups is 1. The first-order valence-corrected chi connectivity index (χ1v) is 9.93. The van der Waals surface area contributed by atoms with Crippen molar-refractivity contribution in [2.45, 2.75) is 19.9 Å². The van der Waals surface area contributed by atoms with Crippen LogP contribution < -0.4 is 16.4 Å². The monoisotopic (exact) mass is 418 g/mol. The van der Waals surface area contributed by atoms with Crippen LogP contribution in [0.5, 0.6) is 0 Å². The SMILES string of the molecule is Cc1c[nH]c2ncnc(N3CC[N@@+](C#N)(C(N)=Nc4ccc(C(N)=O)cc4)C(C)C3)c12. The summed E-state index contributed by atoms with van der Waals surface area (Å²) in [7, 11) is 0. The summed E-state index contributed by atoms with van der Waals surface area (Å²) in [5.41, 5.74) is 14.5. The Bertz CT molecular complexity index is 1210. The number of quaternary nitrogens is 1. The van der Waals surface area contributed by atoms with Gasteiger partial charge in [-0.1, -0.05) is 0 Å². The standard InChI is InChI=1S/C21H23N9O/c1-13-9-25-19-17(13)20(27-12-26-19)29-7-8-30(11-22,14(2)10-29)21(24)28-16-5-3-15(4-6-16)18(23)31/h3-6,9,12,14H,7-8,10H2,1-2H3,(H4-,23,24,25,26,27,28,31)/p+1/t14?,30-/m0/s1. The molecule has 2 aromatic heterocycles. The molecule has 0 spiro atoms. The first kappa shape index (κ1) is 20.3. The number of aromatic nitrogens is 3. The zero-order valence-corrected chi connectivity index (χ0v) is 17.4. The minimum absolute atomic E-state index is 0.0889. The summed E-state index contributed by atoms with van der Waals surface area (Å²) >= 11 is 0. The number of hydrogen-bond donors (Lipinski definition) is 3. The van der Waals surface area contributed by atoms with Gasteiger partial charge in [0.05, 0.1) is 24.2 Å². The number of nitriles is 1. The second-order valence-corrected chi connectivity index (χ2v) is 7.76. The number of nitrogens with zero attached hydrogens (tertiary/aromatic N) is 6. The van der Waals surface area contributed by atoms with Gasteiger partial charge in [0.2, 0.25) is 5.91 Å². The maximum atomic E-state index is 11.3. The van der Waals surface area contributed by atoms with Gasteiger partial charge in [0.15, 0.2) is 0 Å². The summed E-state index contributed by atoms with van der Waals surface area (Å²) in [6.45, 7) is 5.63. The summed E-state index contributed by atoms with van der Waals surface area (Å²) in [6, 6.07) is 6.36. The number of aliphatic imine (C=N–C) groups is 1. The fourth-order valence-electron chi connectivity index (χ4n) is 4.04. The predicted octanol–water partition coefficient (Wildman–Crippen LogP) is 1.52. The zero-order chi connectivity index (χ0) is 22.2. The van der Waals surface area contributed by atoms with Gasteiger partial charge in [-0.15, -0.1) is 5.26 Å². The van der Waals surface area contributed by atoms with Crippen molar-refractivity contribution >= 4 is 34.4 Å². The molecule has 5 N–H and O–H groups in total. The second-order valence-electron chi connectivity index (χ2n) is 7.76. The van der Waals surface area contributed by atoms with E-state index in [0.717, 1.165) is 22.4 Å². The van der Waals surface area contributed by atoms with Crippen LogP contribution in [0.4, 0.5) is 11.5 Å². The van der Waals surface area contributed by atoms with Crippen LogP contribution in [0.2, 0.25) is 0 Å². The summed E-state index contributed by atoms with van der Waals surface area (Å²) in [6.07, 6.45) is 5.84. The third-order valence-corrected chi connectivity index (χ3v) is 5.89. The maximum Gasteiger partial charge on any atom is 0.317 e. The maximum absolute atomic E-state index is 11.3. The number of carbonyl (C=O) groups is 1. The molecular formula is C21H24N9O+. The fraction of sp³-hybridized carbons (Fsp3) is 0.286. The van der Waals surface area contributed by atoms with Crippen LogP contribution in [0.25, 0.3) is 11.0 Å². The molecule has 158 valence electrons. The van der Waals surface area contributed by atoms with Gasteiger partial charge in [-0.05, 0) is 43.7 Å². The first-order valence-electron chi connectivity index (χ1n) is 9.93. The highest BCUT2D eigenvalue weighted by atomic mass is 16.1. The van der Waals surface area contributed by atoms with Crippen LogP contribution in [-0.2, 0) is 0 Å². The van der Waals surface area contributed by atoms with Gasteiger partial charge < -0.3 is 21.4 Å². The van der Waals surface area contributed by atoms with Crippen LogP contribution in [-0.4, -0.2) is 57.0 Å². The highest BCUT2D eigenvalue weighted by Crippen LogP contribution is 2.30. The van der Waals surface area contributed by atoms with Crippen molar-refractivity contribution < 1.29 is 9.28 Å². The van der Waals surface area contributed by atoms with Crippen molar-refractivity contribution in [3.8, 4) is 6.19 Å². The molecule has 1 aliphatic heterocycles. The first-order chi connectivity index (χ1) is 14.9. The number of benzene rings is 1. The molecule has 0 saturated carbocycles. The normalized spacial score (nSPS) is 21.8. The molecule has 2 atom stereocenters. The van der Waals surface area contributed by atoms with Crippen molar-refractivity contribution in [2.24, 2.45) is 16.5 Å². The van der Waals surface area contributed by atoms with E-state index in [4.69, 9.17) is 11.5 Å².